The zero-order valence-electron chi connectivity index (χ0n) is 13.7. The number of ether oxygens (including phenoxy) is 2. The van der Waals surface area contributed by atoms with Gasteiger partial charge in [0, 0.05) is 11.3 Å². The van der Waals surface area contributed by atoms with Crippen molar-refractivity contribution >= 4 is 33.1 Å². The third kappa shape index (κ3) is 2.83. The number of rotatable bonds is 4. The number of nitrogens with zero attached hydrogens (tertiary/aromatic N) is 2. The Kier molecular flexibility index (Phi) is 4.08. The number of hydrogen-bond acceptors (Lipinski definition) is 6. The number of para-hydroxylation sites is 2. The fraction of sp³-hybridized carbons (Fsp3) is 0.333. The molecule has 24 heavy (non-hydrogen) atoms. The van der Waals surface area contributed by atoms with Crippen LogP contribution < -0.4 is 10.1 Å². The minimum absolute atomic E-state index is 0.114. The van der Waals surface area contributed by atoms with E-state index >= 15 is 0 Å². The van der Waals surface area contributed by atoms with Gasteiger partial charge < -0.3 is 14.8 Å². The van der Waals surface area contributed by atoms with Gasteiger partial charge in [0.2, 0.25) is 0 Å². The van der Waals surface area contributed by atoms with Crippen LogP contribution >= 0.6 is 11.3 Å². The van der Waals surface area contributed by atoms with E-state index in [0.29, 0.717) is 6.61 Å². The molecule has 1 aromatic carbocycles. The molecule has 0 bridgehead atoms. The highest BCUT2D eigenvalue weighted by atomic mass is 32.1. The van der Waals surface area contributed by atoms with Crippen molar-refractivity contribution in [3.05, 3.63) is 41.0 Å². The summed E-state index contributed by atoms with van der Waals surface area (Å²) in [6, 6.07) is 7.95. The normalized spacial score (nSPS) is 17.3. The Morgan fingerprint density at radius 1 is 1.25 bits per heavy atom. The molecule has 3 heterocycles. The highest BCUT2D eigenvalue weighted by Crippen LogP contribution is 2.36. The van der Waals surface area contributed by atoms with Crippen LogP contribution in [-0.4, -0.2) is 29.3 Å². The van der Waals surface area contributed by atoms with Crippen LogP contribution in [0.1, 0.15) is 16.9 Å². The number of benzene rings is 1. The summed E-state index contributed by atoms with van der Waals surface area (Å²) in [4.78, 5) is 11.1. The number of nitrogens with one attached hydrogen (secondary N) is 1. The lowest BCUT2D eigenvalue weighted by Crippen LogP contribution is -2.16. The number of aromatic nitrogens is 2. The van der Waals surface area contributed by atoms with Crippen molar-refractivity contribution in [2.75, 3.05) is 18.5 Å². The monoisotopic (exact) mass is 341 g/mol. The molecule has 1 atom stereocenters. The van der Waals surface area contributed by atoms with Crippen LogP contribution in [0.2, 0.25) is 0 Å². The summed E-state index contributed by atoms with van der Waals surface area (Å²) in [5, 5.41) is 4.52. The molecule has 5 nitrogen and oxygen atoms in total. The average molecular weight is 341 g/mol. The molecule has 0 amide bonds. The van der Waals surface area contributed by atoms with Gasteiger partial charge in [-0.15, -0.1) is 11.3 Å². The van der Waals surface area contributed by atoms with Crippen molar-refractivity contribution in [1.29, 1.82) is 0 Å². The highest BCUT2D eigenvalue weighted by molar-refractivity contribution is 7.18. The predicted octanol–water partition coefficient (Wildman–Crippen LogP) is 4.22. The molecule has 3 aromatic rings. The summed E-state index contributed by atoms with van der Waals surface area (Å²) in [5.41, 5.74) is 2.13. The first kappa shape index (κ1) is 15.4. The van der Waals surface area contributed by atoms with Crippen molar-refractivity contribution in [2.45, 2.75) is 26.4 Å². The van der Waals surface area contributed by atoms with E-state index in [-0.39, 0.29) is 6.10 Å². The molecule has 0 radical (unpaired) electrons. The molecule has 6 heteroatoms. The second-order valence-corrected chi connectivity index (χ2v) is 7.11. The van der Waals surface area contributed by atoms with Crippen molar-refractivity contribution in [1.82, 2.24) is 9.97 Å². The minimum atomic E-state index is 0.114. The molecular formula is C18H19N3O2S. The maximum Gasteiger partial charge on any atom is 0.143 e. The van der Waals surface area contributed by atoms with Gasteiger partial charge in [0.05, 0.1) is 24.3 Å². The van der Waals surface area contributed by atoms with Crippen LogP contribution in [0.5, 0.6) is 5.75 Å². The van der Waals surface area contributed by atoms with E-state index in [2.05, 4.69) is 29.1 Å². The van der Waals surface area contributed by atoms with Gasteiger partial charge in [0.1, 0.15) is 28.8 Å². The Labute approximate surface area is 144 Å². The molecule has 1 aliphatic rings. The van der Waals surface area contributed by atoms with Gasteiger partial charge in [0.15, 0.2) is 0 Å². The second-order valence-electron chi connectivity index (χ2n) is 5.91. The Hall–Kier alpha value is -2.18. The largest absolute Gasteiger partial charge is 0.486 e. The van der Waals surface area contributed by atoms with E-state index in [1.807, 2.05) is 24.3 Å². The van der Waals surface area contributed by atoms with Crippen LogP contribution in [0.4, 0.5) is 11.5 Å². The summed E-state index contributed by atoms with van der Waals surface area (Å²) in [5.74, 6) is 1.64. The van der Waals surface area contributed by atoms with E-state index in [9.17, 15) is 0 Å². The molecule has 1 aliphatic heterocycles. The molecule has 0 saturated carbocycles. The lowest BCUT2D eigenvalue weighted by molar-refractivity contribution is 0.142. The highest BCUT2D eigenvalue weighted by Gasteiger charge is 2.19. The van der Waals surface area contributed by atoms with Crippen LogP contribution in [0.25, 0.3) is 10.2 Å². The van der Waals surface area contributed by atoms with Gasteiger partial charge in [-0.25, -0.2) is 9.97 Å². The molecule has 1 N–H and O–H groups in total. The van der Waals surface area contributed by atoms with E-state index in [0.717, 1.165) is 40.5 Å². The standard InChI is InChI=1S/C18H19N3O2S/c1-11-12(2)24-18-16(11)17(19-10-20-18)21-14-5-3-4-6-15(14)23-13-7-8-22-9-13/h3-6,10,13H,7-9H2,1-2H3,(H,19,20,21)/t13-/m0/s1. The maximum atomic E-state index is 6.10. The zero-order valence-corrected chi connectivity index (χ0v) is 14.5. The van der Waals surface area contributed by atoms with Gasteiger partial charge in [-0.05, 0) is 31.5 Å². The molecule has 0 unspecified atom stereocenters. The summed E-state index contributed by atoms with van der Waals surface area (Å²) in [7, 11) is 0. The van der Waals surface area contributed by atoms with Gasteiger partial charge in [-0.2, -0.15) is 0 Å². The first-order valence-corrected chi connectivity index (χ1v) is 8.85. The molecular weight excluding hydrogens is 322 g/mol. The van der Waals surface area contributed by atoms with E-state index in [1.54, 1.807) is 17.7 Å². The van der Waals surface area contributed by atoms with Crippen LogP contribution in [0.15, 0.2) is 30.6 Å². The van der Waals surface area contributed by atoms with Crippen molar-refractivity contribution in [3.63, 3.8) is 0 Å². The molecule has 0 spiro atoms. The van der Waals surface area contributed by atoms with Gasteiger partial charge in [-0.3, -0.25) is 0 Å². The first-order chi connectivity index (χ1) is 11.7. The van der Waals surface area contributed by atoms with Crippen LogP contribution in [0.3, 0.4) is 0 Å². The minimum Gasteiger partial charge on any atom is -0.486 e. The van der Waals surface area contributed by atoms with E-state index in [1.165, 1.54) is 10.4 Å². The van der Waals surface area contributed by atoms with Gasteiger partial charge in [0.25, 0.3) is 0 Å². The van der Waals surface area contributed by atoms with Crippen molar-refractivity contribution in [2.24, 2.45) is 0 Å². The van der Waals surface area contributed by atoms with Gasteiger partial charge >= 0.3 is 0 Å². The fourth-order valence-electron chi connectivity index (χ4n) is 2.86. The summed E-state index contributed by atoms with van der Waals surface area (Å²) in [6.07, 6.45) is 2.65. The number of thiophene rings is 1. The van der Waals surface area contributed by atoms with Crippen LogP contribution in [0, 0.1) is 13.8 Å². The summed E-state index contributed by atoms with van der Waals surface area (Å²) in [6.45, 7) is 5.64. The maximum absolute atomic E-state index is 6.10. The first-order valence-electron chi connectivity index (χ1n) is 8.03. The Morgan fingerprint density at radius 2 is 2.12 bits per heavy atom. The molecule has 1 fully saturated rings. The zero-order chi connectivity index (χ0) is 16.5. The SMILES string of the molecule is Cc1sc2ncnc(Nc3ccccc3O[C@H]3CCOC3)c2c1C. The molecule has 124 valence electrons. The number of hydrogen-bond donors (Lipinski definition) is 1. The molecule has 0 aliphatic carbocycles. The molecule has 2 aromatic heterocycles. The Balaban J connectivity index is 1.68. The van der Waals surface area contributed by atoms with Crippen molar-refractivity contribution in [3.8, 4) is 5.75 Å². The smallest absolute Gasteiger partial charge is 0.143 e. The molecule has 4 rings (SSSR count). The third-order valence-electron chi connectivity index (χ3n) is 4.29. The van der Waals surface area contributed by atoms with Gasteiger partial charge in [-0.1, -0.05) is 12.1 Å². The quantitative estimate of drug-likeness (QED) is 0.770. The summed E-state index contributed by atoms with van der Waals surface area (Å²) >= 11 is 1.69. The topological polar surface area (TPSA) is 56.3 Å². The fourth-order valence-corrected chi connectivity index (χ4v) is 3.86. The van der Waals surface area contributed by atoms with E-state index < -0.39 is 0 Å². The predicted molar refractivity (Wildman–Crippen MR) is 96.5 cm³/mol. The number of aryl methyl sites for hydroxylation is 2. The van der Waals surface area contributed by atoms with E-state index in [4.69, 9.17) is 9.47 Å². The third-order valence-corrected chi connectivity index (χ3v) is 5.40. The Bertz CT molecular complexity index is 872. The number of anilines is 2. The Morgan fingerprint density at radius 3 is 2.96 bits per heavy atom. The number of fused-ring (bicyclic) bond motifs is 1. The second kappa shape index (κ2) is 6.37. The molecule has 1 saturated heterocycles. The average Bonchev–Trinajstić information content (AvgIpc) is 3.19. The summed E-state index contributed by atoms with van der Waals surface area (Å²) < 4.78 is 11.5. The lowest BCUT2D eigenvalue weighted by Gasteiger charge is -2.16. The van der Waals surface area contributed by atoms with Crippen molar-refractivity contribution < 1.29 is 9.47 Å². The lowest BCUT2D eigenvalue weighted by atomic mass is 10.2. The van der Waals surface area contributed by atoms with Crippen LogP contribution in [-0.2, 0) is 4.74 Å².